The number of aromatic amines is 1. The molecule has 6 nitrogen and oxygen atoms in total. The number of rotatable bonds is 7. The molecular formula is C13H16BrN5O. The van der Waals surface area contributed by atoms with Crippen LogP contribution < -0.4 is 16.2 Å². The highest BCUT2D eigenvalue weighted by molar-refractivity contribution is 9.10. The fourth-order valence-electron chi connectivity index (χ4n) is 1.66. The number of halogens is 1. The Balaban J connectivity index is 1.65. The first-order chi connectivity index (χ1) is 9.77. The molecule has 3 N–H and O–H groups in total. The average molecular weight is 338 g/mol. The van der Waals surface area contributed by atoms with Gasteiger partial charge >= 0.3 is 0 Å². The lowest BCUT2D eigenvalue weighted by Crippen LogP contribution is -2.19. The van der Waals surface area contributed by atoms with Crippen molar-refractivity contribution in [3.05, 3.63) is 51.2 Å². The van der Waals surface area contributed by atoms with Gasteiger partial charge in [-0.15, -0.1) is 0 Å². The molecule has 0 saturated carbocycles. The third kappa shape index (κ3) is 4.43. The van der Waals surface area contributed by atoms with Crippen LogP contribution in [0.3, 0.4) is 0 Å². The van der Waals surface area contributed by atoms with Gasteiger partial charge in [0.15, 0.2) is 0 Å². The Bertz CT molecular complexity index is 587. The van der Waals surface area contributed by atoms with E-state index in [2.05, 4.69) is 41.5 Å². The molecule has 20 heavy (non-hydrogen) atoms. The fourth-order valence-corrected chi connectivity index (χ4v) is 2.02. The molecule has 0 aliphatic rings. The van der Waals surface area contributed by atoms with Gasteiger partial charge in [-0.1, -0.05) is 6.07 Å². The van der Waals surface area contributed by atoms with Gasteiger partial charge in [0, 0.05) is 25.5 Å². The van der Waals surface area contributed by atoms with E-state index in [4.69, 9.17) is 0 Å². The van der Waals surface area contributed by atoms with Crippen molar-refractivity contribution in [2.24, 2.45) is 0 Å². The second kappa shape index (κ2) is 7.76. The lowest BCUT2D eigenvalue weighted by Gasteiger charge is -2.07. The van der Waals surface area contributed by atoms with E-state index in [1.165, 1.54) is 11.9 Å². The molecule has 0 spiro atoms. The van der Waals surface area contributed by atoms with Gasteiger partial charge in [-0.2, -0.15) is 0 Å². The third-order valence-electron chi connectivity index (χ3n) is 2.67. The second-order valence-corrected chi connectivity index (χ2v) is 5.01. The minimum atomic E-state index is -0.183. The molecule has 7 heteroatoms. The number of H-pyrrole nitrogens is 1. The zero-order valence-electron chi connectivity index (χ0n) is 10.9. The van der Waals surface area contributed by atoms with Crippen molar-refractivity contribution in [2.45, 2.75) is 13.0 Å². The molecule has 0 saturated heterocycles. The van der Waals surface area contributed by atoms with Crippen LogP contribution in [0.5, 0.6) is 0 Å². The molecule has 2 rings (SSSR count). The van der Waals surface area contributed by atoms with Gasteiger partial charge < -0.3 is 15.6 Å². The summed E-state index contributed by atoms with van der Waals surface area (Å²) in [6.07, 6.45) is 5.93. The van der Waals surface area contributed by atoms with E-state index in [9.17, 15) is 4.79 Å². The van der Waals surface area contributed by atoms with E-state index in [1.54, 1.807) is 6.20 Å². The van der Waals surface area contributed by atoms with E-state index < -0.39 is 0 Å². The zero-order chi connectivity index (χ0) is 14.2. The molecule has 0 aromatic carbocycles. The number of hydrogen-bond acceptors (Lipinski definition) is 5. The molecule has 0 aliphatic carbocycles. The lowest BCUT2D eigenvalue weighted by atomic mass is 10.3. The normalized spacial score (nSPS) is 10.4. The highest BCUT2D eigenvalue weighted by Gasteiger charge is 2.03. The zero-order valence-corrected chi connectivity index (χ0v) is 12.5. The van der Waals surface area contributed by atoms with Crippen LogP contribution in [0.2, 0.25) is 0 Å². The highest BCUT2D eigenvalue weighted by atomic mass is 79.9. The maximum absolute atomic E-state index is 11.3. The molecule has 0 bridgehead atoms. The number of nitrogens with one attached hydrogen (secondary N) is 3. The summed E-state index contributed by atoms with van der Waals surface area (Å²) in [5.74, 6) is 0.570. The molecule has 106 valence electrons. The molecule has 0 amide bonds. The molecule has 2 aromatic heterocycles. The van der Waals surface area contributed by atoms with E-state index >= 15 is 0 Å². The van der Waals surface area contributed by atoms with E-state index in [0.29, 0.717) is 10.3 Å². The SMILES string of the molecule is O=c1[nH]cnc(NCCCNCc2cccnc2)c1Br. The van der Waals surface area contributed by atoms with Crippen LogP contribution in [-0.4, -0.2) is 28.0 Å². The Hall–Kier alpha value is -1.73. The van der Waals surface area contributed by atoms with Gasteiger partial charge in [-0.25, -0.2) is 4.98 Å². The van der Waals surface area contributed by atoms with Crippen LogP contribution in [0.1, 0.15) is 12.0 Å². The standard InChI is InChI=1S/C13H16BrN5O/c14-11-12(18-9-19-13(11)20)17-6-2-5-16-8-10-3-1-4-15-7-10/h1,3-4,7,9,16H,2,5-6,8H2,(H2,17,18,19,20). The highest BCUT2D eigenvalue weighted by Crippen LogP contribution is 2.12. The molecule has 0 atom stereocenters. The Morgan fingerprint density at radius 1 is 1.35 bits per heavy atom. The van der Waals surface area contributed by atoms with E-state index in [-0.39, 0.29) is 5.56 Å². The molecule has 2 aromatic rings. The second-order valence-electron chi connectivity index (χ2n) is 4.21. The first kappa shape index (κ1) is 14.7. The van der Waals surface area contributed by atoms with Crippen molar-refractivity contribution in [1.29, 1.82) is 0 Å². The van der Waals surface area contributed by atoms with Gasteiger partial charge in [0.05, 0.1) is 6.33 Å². The third-order valence-corrected chi connectivity index (χ3v) is 3.41. The molecule has 0 radical (unpaired) electrons. The fraction of sp³-hybridized carbons (Fsp3) is 0.308. The van der Waals surface area contributed by atoms with Crippen LogP contribution in [0.4, 0.5) is 5.82 Å². The summed E-state index contributed by atoms with van der Waals surface area (Å²) in [7, 11) is 0. The van der Waals surface area contributed by atoms with Gasteiger partial charge in [-0.3, -0.25) is 9.78 Å². The van der Waals surface area contributed by atoms with Gasteiger partial charge in [0.1, 0.15) is 10.3 Å². The number of hydrogen-bond donors (Lipinski definition) is 3. The van der Waals surface area contributed by atoms with Gasteiger partial charge in [0.25, 0.3) is 5.56 Å². The predicted molar refractivity (Wildman–Crippen MR) is 81.6 cm³/mol. The van der Waals surface area contributed by atoms with E-state index in [0.717, 1.165) is 26.1 Å². The summed E-state index contributed by atoms with van der Waals surface area (Å²) >= 11 is 3.20. The van der Waals surface area contributed by atoms with Crippen LogP contribution >= 0.6 is 15.9 Å². The van der Waals surface area contributed by atoms with Crippen molar-refractivity contribution < 1.29 is 0 Å². The van der Waals surface area contributed by atoms with Crippen molar-refractivity contribution >= 4 is 21.7 Å². The predicted octanol–water partition coefficient (Wildman–Crippen LogP) is 1.52. The topological polar surface area (TPSA) is 82.7 Å². The van der Waals surface area contributed by atoms with Crippen molar-refractivity contribution in [1.82, 2.24) is 20.3 Å². The maximum Gasteiger partial charge on any atom is 0.267 e. The molecular weight excluding hydrogens is 322 g/mol. The Kier molecular flexibility index (Phi) is 5.69. The van der Waals surface area contributed by atoms with Crippen LogP contribution in [0.25, 0.3) is 0 Å². The Labute approximate surface area is 125 Å². The summed E-state index contributed by atoms with van der Waals surface area (Å²) < 4.78 is 0.434. The summed E-state index contributed by atoms with van der Waals surface area (Å²) in [6, 6.07) is 3.96. The largest absolute Gasteiger partial charge is 0.369 e. The molecule has 0 fully saturated rings. The first-order valence-electron chi connectivity index (χ1n) is 6.34. The van der Waals surface area contributed by atoms with Crippen molar-refractivity contribution in [2.75, 3.05) is 18.4 Å². The number of nitrogens with zero attached hydrogens (tertiary/aromatic N) is 2. The number of aromatic nitrogens is 3. The Morgan fingerprint density at radius 3 is 3.05 bits per heavy atom. The average Bonchev–Trinajstić information content (AvgIpc) is 2.48. The smallest absolute Gasteiger partial charge is 0.267 e. The monoisotopic (exact) mass is 337 g/mol. The summed E-state index contributed by atoms with van der Waals surface area (Å²) in [4.78, 5) is 21.9. The van der Waals surface area contributed by atoms with Crippen molar-refractivity contribution in [3.63, 3.8) is 0 Å². The summed E-state index contributed by atoms with van der Waals surface area (Å²) in [5.41, 5.74) is 0.983. The number of pyridine rings is 1. The van der Waals surface area contributed by atoms with Crippen LogP contribution in [0.15, 0.2) is 40.1 Å². The van der Waals surface area contributed by atoms with Crippen LogP contribution in [0, 0.1) is 0 Å². The summed E-state index contributed by atoms with van der Waals surface area (Å²) in [6.45, 7) is 2.43. The van der Waals surface area contributed by atoms with Crippen molar-refractivity contribution in [3.8, 4) is 0 Å². The molecule has 0 aliphatic heterocycles. The van der Waals surface area contributed by atoms with E-state index in [1.807, 2.05) is 18.3 Å². The first-order valence-corrected chi connectivity index (χ1v) is 7.13. The summed E-state index contributed by atoms with van der Waals surface area (Å²) in [5, 5.41) is 6.46. The molecule has 0 unspecified atom stereocenters. The van der Waals surface area contributed by atoms with Crippen LogP contribution in [-0.2, 0) is 6.54 Å². The Morgan fingerprint density at radius 2 is 2.25 bits per heavy atom. The minimum absolute atomic E-state index is 0.183. The maximum atomic E-state index is 11.3. The van der Waals surface area contributed by atoms with Gasteiger partial charge in [0.2, 0.25) is 0 Å². The number of anilines is 1. The molecule has 2 heterocycles. The minimum Gasteiger partial charge on any atom is -0.369 e. The van der Waals surface area contributed by atoms with Gasteiger partial charge in [-0.05, 0) is 40.5 Å². The lowest BCUT2D eigenvalue weighted by molar-refractivity contribution is 0.661. The quantitative estimate of drug-likeness (QED) is 0.667.